The molecular formula is C4H12N2O. The van der Waals surface area contributed by atoms with Gasteiger partial charge in [-0.2, -0.15) is 0 Å². The van der Waals surface area contributed by atoms with Gasteiger partial charge in [0.15, 0.2) is 5.88 Å². The first-order valence-corrected chi connectivity index (χ1v) is 1.76. The highest BCUT2D eigenvalue weighted by atomic mass is 16.3. The van der Waals surface area contributed by atoms with Crippen LogP contribution in [0.1, 0.15) is 13.8 Å². The molecule has 0 unspecified atom stereocenters. The number of hydrogen-bond donors (Lipinski definition) is 3. The molecule has 0 aromatic rings. The summed E-state index contributed by atoms with van der Waals surface area (Å²) in [6.07, 6.45) is 0. The molecule has 0 bridgehead atoms. The molecule has 0 saturated carbocycles. The van der Waals surface area contributed by atoms with E-state index in [-0.39, 0.29) is 12.0 Å². The first-order valence-electron chi connectivity index (χ1n) is 1.76. The Balaban J connectivity index is 0. The van der Waals surface area contributed by atoms with Gasteiger partial charge in [-0.3, -0.25) is 0 Å². The zero-order valence-corrected chi connectivity index (χ0v) is 4.73. The van der Waals surface area contributed by atoms with Gasteiger partial charge in [-0.1, -0.05) is 0 Å². The standard InChI is InChI=1S/C4H9NO.H3N/c1-3(2)4(5)6;/h6H,5H2,1-2H3;1H3. The van der Waals surface area contributed by atoms with Crippen molar-refractivity contribution in [2.24, 2.45) is 5.73 Å². The lowest BCUT2D eigenvalue weighted by molar-refractivity contribution is 0.398. The normalized spacial score (nSPS) is 6.57. The molecule has 3 heteroatoms. The molecule has 0 aliphatic heterocycles. The van der Waals surface area contributed by atoms with Crippen molar-refractivity contribution >= 4 is 0 Å². The van der Waals surface area contributed by atoms with Crippen molar-refractivity contribution < 1.29 is 5.11 Å². The molecule has 0 radical (unpaired) electrons. The minimum atomic E-state index is -0.0741. The molecule has 44 valence electrons. The van der Waals surface area contributed by atoms with E-state index in [0.29, 0.717) is 0 Å². The van der Waals surface area contributed by atoms with Crippen molar-refractivity contribution in [3.63, 3.8) is 0 Å². The van der Waals surface area contributed by atoms with Crippen LogP contribution in [-0.2, 0) is 0 Å². The molecule has 0 aromatic heterocycles. The van der Waals surface area contributed by atoms with Gasteiger partial charge < -0.3 is 17.0 Å². The van der Waals surface area contributed by atoms with Crippen LogP contribution >= 0.6 is 0 Å². The molecule has 0 amide bonds. The van der Waals surface area contributed by atoms with Gasteiger partial charge in [-0.25, -0.2) is 0 Å². The summed E-state index contributed by atoms with van der Waals surface area (Å²) in [7, 11) is 0. The molecule has 0 saturated heterocycles. The van der Waals surface area contributed by atoms with Crippen LogP contribution in [0.5, 0.6) is 0 Å². The molecule has 0 fully saturated rings. The first-order chi connectivity index (χ1) is 2.64. The monoisotopic (exact) mass is 104 g/mol. The van der Waals surface area contributed by atoms with Gasteiger partial charge >= 0.3 is 0 Å². The van der Waals surface area contributed by atoms with Gasteiger partial charge in [-0.15, -0.1) is 0 Å². The van der Waals surface area contributed by atoms with E-state index in [1.165, 1.54) is 0 Å². The second kappa shape index (κ2) is 3.49. The minimum absolute atomic E-state index is 0. The van der Waals surface area contributed by atoms with Crippen molar-refractivity contribution in [1.29, 1.82) is 0 Å². The summed E-state index contributed by atoms with van der Waals surface area (Å²) in [5.41, 5.74) is 5.63. The Morgan fingerprint density at radius 2 is 1.57 bits per heavy atom. The van der Waals surface area contributed by atoms with E-state index in [2.05, 4.69) is 0 Å². The maximum absolute atomic E-state index is 8.29. The highest BCUT2D eigenvalue weighted by Crippen LogP contribution is 1.87. The molecule has 0 atom stereocenters. The van der Waals surface area contributed by atoms with Crippen molar-refractivity contribution in [1.82, 2.24) is 6.15 Å². The quantitative estimate of drug-likeness (QED) is 0.399. The van der Waals surface area contributed by atoms with Gasteiger partial charge in [0.05, 0.1) is 0 Å². The molecule has 7 heavy (non-hydrogen) atoms. The number of nitrogens with two attached hydrogens (primary N) is 1. The smallest absolute Gasteiger partial charge is 0.179 e. The largest absolute Gasteiger partial charge is 0.495 e. The summed E-state index contributed by atoms with van der Waals surface area (Å²) in [5, 5.41) is 8.29. The van der Waals surface area contributed by atoms with Crippen LogP contribution in [-0.4, -0.2) is 5.11 Å². The lowest BCUT2D eigenvalue weighted by atomic mass is 10.4. The third-order valence-electron chi connectivity index (χ3n) is 0.512. The fourth-order valence-corrected chi connectivity index (χ4v) is 0. The van der Waals surface area contributed by atoms with Crippen LogP contribution in [0.4, 0.5) is 0 Å². The summed E-state index contributed by atoms with van der Waals surface area (Å²) < 4.78 is 0. The maximum Gasteiger partial charge on any atom is 0.179 e. The number of hydrogen-bond acceptors (Lipinski definition) is 3. The van der Waals surface area contributed by atoms with Crippen molar-refractivity contribution in [3.05, 3.63) is 11.5 Å². The van der Waals surface area contributed by atoms with Gasteiger partial charge in [-0.05, 0) is 19.4 Å². The summed E-state index contributed by atoms with van der Waals surface area (Å²) in [4.78, 5) is 0. The Morgan fingerprint density at radius 3 is 1.57 bits per heavy atom. The zero-order chi connectivity index (χ0) is 5.15. The Bertz CT molecular complexity index is 59.8. The Hall–Kier alpha value is -0.700. The van der Waals surface area contributed by atoms with Crippen molar-refractivity contribution in [3.8, 4) is 0 Å². The average molecular weight is 104 g/mol. The average Bonchev–Trinajstić information content (AvgIpc) is 1.36. The van der Waals surface area contributed by atoms with Crippen LogP contribution in [0.15, 0.2) is 11.5 Å². The van der Waals surface area contributed by atoms with Crippen LogP contribution < -0.4 is 11.9 Å². The second-order valence-electron chi connectivity index (χ2n) is 1.39. The summed E-state index contributed by atoms with van der Waals surface area (Å²) >= 11 is 0. The maximum atomic E-state index is 8.29. The van der Waals surface area contributed by atoms with E-state index >= 15 is 0 Å². The topological polar surface area (TPSA) is 81.2 Å². The van der Waals surface area contributed by atoms with Crippen LogP contribution in [0, 0.1) is 0 Å². The second-order valence-corrected chi connectivity index (χ2v) is 1.39. The Kier molecular flexibility index (Phi) is 4.77. The van der Waals surface area contributed by atoms with E-state index in [4.69, 9.17) is 10.8 Å². The summed E-state index contributed by atoms with van der Waals surface area (Å²) in [6.45, 7) is 3.49. The predicted molar refractivity (Wildman–Crippen MR) is 30.2 cm³/mol. The van der Waals surface area contributed by atoms with E-state index < -0.39 is 0 Å². The van der Waals surface area contributed by atoms with Gasteiger partial charge in [0.25, 0.3) is 0 Å². The van der Waals surface area contributed by atoms with Crippen molar-refractivity contribution in [2.45, 2.75) is 13.8 Å². The fourth-order valence-electron chi connectivity index (χ4n) is 0. The molecule has 0 aromatic carbocycles. The number of rotatable bonds is 0. The highest BCUT2D eigenvalue weighted by molar-refractivity contribution is 4.95. The van der Waals surface area contributed by atoms with Gasteiger partial charge in [0.1, 0.15) is 0 Å². The Morgan fingerprint density at radius 1 is 1.43 bits per heavy atom. The SMILES string of the molecule is CC(C)=C(N)O.N. The summed E-state index contributed by atoms with van der Waals surface area (Å²) in [5.74, 6) is -0.0741. The van der Waals surface area contributed by atoms with E-state index in [1.54, 1.807) is 13.8 Å². The molecule has 0 aliphatic carbocycles. The van der Waals surface area contributed by atoms with Crippen molar-refractivity contribution in [2.75, 3.05) is 0 Å². The molecular weight excluding hydrogens is 92.1 g/mol. The van der Waals surface area contributed by atoms with Gasteiger partial charge in [0, 0.05) is 0 Å². The number of allylic oxidation sites excluding steroid dienone is 1. The lowest BCUT2D eigenvalue weighted by Crippen LogP contribution is -1.95. The van der Waals surface area contributed by atoms with Crippen LogP contribution in [0.25, 0.3) is 0 Å². The molecule has 0 heterocycles. The molecule has 0 aliphatic rings. The first kappa shape index (κ1) is 9.57. The van der Waals surface area contributed by atoms with Gasteiger partial charge in [0.2, 0.25) is 0 Å². The molecule has 3 nitrogen and oxygen atoms in total. The highest BCUT2D eigenvalue weighted by Gasteiger charge is 1.79. The predicted octanol–water partition coefficient (Wildman–Crippen LogP) is 0.917. The minimum Gasteiger partial charge on any atom is -0.495 e. The Labute approximate surface area is 43.4 Å². The van der Waals surface area contributed by atoms with Crippen LogP contribution in [0.3, 0.4) is 0 Å². The van der Waals surface area contributed by atoms with E-state index in [9.17, 15) is 0 Å². The number of aliphatic hydroxyl groups is 1. The molecule has 0 rings (SSSR count). The zero-order valence-electron chi connectivity index (χ0n) is 4.73. The third kappa shape index (κ3) is 5.30. The molecule has 0 spiro atoms. The number of aliphatic hydroxyl groups excluding tert-OH is 1. The molecule has 6 N–H and O–H groups in total. The van der Waals surface area contributed by atoms with E-state index in [1.807, 2.05) is 0 Å². The third-order valence-corrected chi connectivity index (χ3v) is 0.512. The van der Waals surface area contributed by atoms with E-state index in [0.717, 1.165) is 5.57 Å². The lowest BCUT2D eigenvalue weighted by Gasteiger charge is -1.87. The van der Waals surface area contributed by atoms with Crippen LogP contribution in [0.2, 0.25) is 0 Å². The fraction of sp³-hybridized carbons (Fsp3) is 0.500. The summed E-state index contributed by atoms with van der Waals surface area (Å²) in [6, 6.07) is 0.